The van der Waals surface area contributed by atoms with Crippen molar-refractivity contribution >= 4 is 21.6 Å². The van der Waals surface area contributed by atoms with Crippen LogP contribution in [0.1, 0.15) is 12.0 Å². The molecule has 0 saturated carbocycles. The van der Waals surface area contributed by atoms with Crippen molar-refractivity contribution in [3.63, 3.8) is 0 Å². The zero-order valence-electron chi connectivity index (χ0n) is 11.2. The average Bonchev–Trinajstić information content (AvgIpc) is 2.60. The number of carbonyl (C=O) groups is 1. The normalized spacial score (nSPS) is 18.4. The van der Waals surface area contributed by atoms with Crippen molar-refractivity contribution in [1.82, 2.24) is 4.90 Å². The van der Waals surface area contributed by atoms with Gasteiger partial charge in [-0.3, -0.25) is 0 Å². The van der Waals surface area contributed by atoms with E-state index in [2.05, 4.69) is 5.32 Å². The van der Waals surface area contributed by atoms with Gasteiger partial charge in [-0.05, 0) is 24.1 Å². The molecule has 1 aromatic rings. The van der Waals surface area contributed by atoms with Gasteiger partial charge in [-0.25, -0.2) is 13.2 Å². The van der Waals surface area contributed by atoms with Crippen LogP contribution < -0.4 is 11.1 Å². The lowest BCUT2D eigenvalue weighted by molar-refractivity contribution is 0.216. The smallest absolute Gasteiger partial charge is 0.321 e. The second-order valence-electron chi connectivity index (χ2n) is 4.83. The van der Waals surface area contributed by atoms with Crippen LogP contribution >= 0.6 is 0 Å². The highest BCUT2D eigenvalue weighted by Crippen LogP contribution is 2.12. The number of anilines is 1. The van der Waals surface area contributed by atoms with Gasteiger partial charge in [0, 0.05) is 25.3 Å². The minimum Gasteiger partial charge on any atom is -0.326 e. The number of hydrogen-bond acceptors (Lipinski definition) is 4. The Kier molecular flexibility index (Phi) is 4.61. The number of rotatable bonds is 2. The fourth-order valence-electron chi connectivity index (χ4n) is 2.12. The topological polar surface area (TPSA) is 92.5 Å². The van der Waals surface area contributed by atoms with Gasteiger partial charge in [-0.15, -0.1) is 0 Å². The molecule has 110 valence electrons. The minimum atomic E-state index is -3.01. The molecule has 2 amide bonds. The van der Waals surface area contributed by atoms with Crippen LogP contribution in [-0.2, 0) is 16.4 Å². The van der Waals surface area contributed by atoms with Crippen molar-refractivity contribution in [2.24, 2.45) is 5.73 Å². The van der Waals surface area contributed by atoms with Gasteiger partial charge in [0.05, 0.1) is 11.5 Å². The maximum absolute atomic E-state index is 12.1. The summed E-state index contributed by atoms with van der Waals surface area (Å²) in [6, 6.07) is 7.04. The van der Waals surface area contributed by atoms with Crippen LogP contribution in [0.25, 0.3) is 0 Å². The highest BCUT2D eigenvalue weighted by atomic mass is 32.2. The molecule has 0 atom stereocenters. The number of amides is 2. The summed E-state index contributed by atoms with van der Waals surface area (Å²) >= 11 is 0. The minimum absolute atomic E-state index is 0.0310. The lowest BCUT2D eigenvalue weighted by atomic mass is 10.2. The summed E-state index contributed by atoms with van der Waals surface area (Å²) in [7, 11) is -3.01. The quantitative estimate of drug-likeness (QED) is 0.844. The number of nitrogens with two attached hydrogens (primary N) is 1. The fraction of sp³-hybridized carbons (Fsp3) is 0.462. The predicted octanol–water partition coefficient (Wildman–Crippen LogP) is 0.798. The third kappa shape index (κ3) is 3.94. The van der Waals surface area contributed by atoms with Crippen molar-refractivity contribution in [3.8, 4) is 0 Å². The molecule has 1 aromatic carbocycles. The van der Waals surface area contributed by atoms with Gasteiger partial charge >= 0.3 is 6.03 Å². The first-order valence-electron chi connectivity index (χ1n) is 6.55. The van der Waals surface area contributed by atoms with Crippen LogP contribution in [0.4, 0.5) is 10.5 Å². The van der Waals surface area contributed by atoms with E-state index in [1.54, 1.807) is 11.0 Å². The first-order chi connectivity index (χ1) is 9.50. The number of nitrogens with zero attached hydrogens (tertiary/aromatic N) is 1. The third-order valence-electron chi connectivity index (χ3n) is 3.26. The van der Waals surface area contributed by atoms with Crippen LogP contribution in [0.3, 0.4) is 0 Å². The maximum Gasteiger partial charge on any atom is 0.321 e. The molecule has 1 aliphatic heterocycles. The summed E-state index contributed by atoms with van der Waals surface area (Å²) in [5, 5.41) is 2.78. The second kappa shape index (κ2) is 6.23. The molecule has 7 heteroatoms. The highest BCUT2D eigenvalue weighted by Gasteiger charge is 2.22. The second-order valence-corrected chi connectivity index (χ2v) is 7.13. The molecule has 0 unspecified atom stereocenters. The summed E-state index contributed by atoms with van der Waals surface area (Å²) < 4.78 is 23.0. The summed E-state index contributed by atoms with van der Waals surface area (Å²) in [4.78, 5) is 13.7. The zero-order chi connectivity index (χ0) is 14.6. The van der Waals surface area contributed by atoms with Crippen LogP contribution in [-0.4, -0.2) is 43.9 Å². The Morgan fingerprint density at radius 3 is 2.85 bits per heavy atom. The van der Waals surface area contributed by atoms with Crippen LogP contribution in [0, 0.1) is 0 Å². The highest BCUT2D eigenvalue weighted by molar-refractivity contribution is 7.91. The van der Waals surface area contributed by atoms with Crippen LogP contribution in [0.2, 0.25) is 0 Å². The molecule has 0 aliphatic carbocycles. The van der Waals surface area contributed by atoms with E-state index in [9.17, 15) is 13.2 Å². The van der Waals surface area contributed by atoms with E-state index >= 15 is 0 Å². The van der Waals surface area contributed by atoms with Crippen LogP contribution in [0.15, 0.2) is 24.3 Å². The van der Waals surface area contributed by atoms with E-state index in [0.29, 0.717) is 25.2 Å². The third-order valence-corrected chi connectivity index (χ3v) is 4.97. The molecule has 1 aliphatic rings. The summed E-state index contributed by atoms with van der Waals surface area (Å²) in [5.74, 6) is 0.183. The lowest BCUT2D eigenvalue weighted by Gasteiger charge is -2.20. The Hall–Kier alpha value is -1.60. The molecule has 2 rings (SSSR count). The molecular weight excluding hydrogens is 278 g/mol. The van der Waals surface area contributed by atoms with E-state index in [4.69, 9.17) is 5.73 Å². The first-order valence-corrected chi connectivity index (χ1v) is 8.38. The van der Waals surface area contributed by atoms with E-state index in [1.807, 2.05) is 18.2 Å². The molecular formula is C13H19N3O3S. The summed E-state index contributed by atoms with van der Waals surface area (Å²) in [6.07, 6.45) is 0.485. The Morgan fingerprint density at radius 2 is 2.10 bits per heavy atom. The van der Waals surface area contributed by atoms with E-state index in [0.717, 1.165) is 5.56 Å². The van der Waals surface area contributed by atoms with Gasteiger partial charge in [0.2, 0.25) is 0 Å². The number of benzene rings is 1. The molecule has 6 nitrogen and oxygen atoms in total. The molecule has 0 bridgehead atoms. The number of nitrogens with one attached hydrogen (secondary N) is 1. The van der Waals surface area contributed by atoms with Crippen molar-refractivity contribution in [2.45, 2.75) is 13.0 Å². The molecule has 1 heterocycles. The Labute approximate surface area is 118 Å². The first kappa shape index (κ1) is 14.8. The van der Waals surface area contributed by atoms with Crippen molar-refractivity contribution in [2.75, 3.05) is 29.9 Å². The van der Waals surface area contributed by atoms with E-state index in [-0.39, 0.29) is 24.1 Å². The van der Waals surface area contributed by atoms with Crippen molar-refractivity contribution in [3.05, 3.63) is 29.8 Å². The van der Waals surface area contributed by atoms with Gasteiger partial charge in [0.1, 0.15) is 0 Å². The molecule has 1 fully saturated rings. The van der Waals surface area contributed by atoms with Gasteiger partial charge in [-0.1, -0.05) is 12.1 Å². The van der Waals surface area contributed by atoms with Crippen molar-refractivity contribution < 1.29 is 13.2 Å². The van der Waals surface area contributed by atoms with Gasteiger partial charge in [0.15, 0.2) is 9.84 Å². The standard InChI is InChI=1S/C13H19N3O3S/c14-10-11-3-1-4-12(9-11)15-13(17)16-5-2-7-20(18,19)8-6-16/h1,3-4,9H,2,5-8,10,14H2,(H,15,17). The Bertz CT molecular complexity index is 586. The largest absolute Gasteiger partial charge is 0.326 e. The SMILES string of the molecule is NCc1cccc(NC(=O)N2CCCS(=O)(=O)CC2)c1. The van der Waals surface area contributed by atoms with Gasteiger partial charge < -0.3 is 16.0 Å². The number of sulfone groups is 1. The molecule has 1 saturated heterocycles. The monoisotopic (exact) mass is 297 g/mol. The number of hydrogen-bond donors (Lipinski definition) is 2. The Morgan fingerprint density at radius 1 is 1.30 bits per heavy atom. The van der Waals surface area contributed by atoms with Gasteiger partial charge in [0.25, 0.3) is 0 Å². The molecule has 3 N–H and O–H groups in total. The predicted molar refractivity (Wildman–Crippen MR) is 78.2 cm³/mol. The molecule has 0 radical (unpaired) electrons. The Balaban J connectivity index is 2.00. The lowest BCUT2D eigenvalue weighted by Crippen LogP contribution is -2.37. The average molecular weight is 297 g/mol. The summed E-state index contributed by atoms with van der Waals surface area (Å²) in [6.45, 7) is 1.11. The molecule has 0 spiro atoms. The fourth-order valence-corrected chi connectivity index (χ4v) is 3.39. The van der Waals surface area contributed by atoms with Gasteiger partial charge in [-0.2, -0.15) is 0 Å². The zero-order valence-corrected chi connectivity index (χ0v) is 12.0. The summed E-state index contributed by atoms with van der Waals surface area (Å²) in [5.41, 5.74) is 7.16. The number of carbonyl (C=O) groups excluding carboxylic acids is 1. The number of urea groups is 1. The van der Waals surface area contributed by atoms with E-state index in [1.165, 1.54) is 0 Å². The molecule has 0 aromatic heterocycles. The van der Waals surface area contributed by atoms with Crippen LogP contribution in [0.5, 0.6) is 0 Å². The van der Waals surface area contributed by atoms with E-state index < -0.39 is 9.84 Å². The van der Waals surface area contributed by atoms with Crippen molar-refractivity contribution in [1.29, 1.82) is 0 Å². The maximum atomic E-state index is 12.1. The molecule has 20 heavy (non-hydrogen) atoms.